The Morgan fingerprint density at radius 2 is 1.67 bits per heavy atom. The molecule has 2 N–H and O–H groups in total. The van der Waals surface area contributed by atoms with E-state index in [1.807, 2.05) is 30.3 Å². The first-order valence-corrected chi connectivity index (χ1v) is 7.85. The van der Waals surface area contributed by atoms with Gasteiger partial charge in [-0.1, -0.05) is 53.2 Å². The summed E-state index contributed by atoms with van der Waals surface area (Å²) in [6.07, 6.45) is 0. The average Bonchev–Trinajstić information content (AvgIpc) is 2.53. The summed E-state index contributed by atoms with van der Waals surface area (Å²) in [6.45, 7) is 3.31. The van der Waals surface area contributed by atoms with Gasteiger partial charge in [0.2, 0.25) is 0 Å². The largest absolute Gasteiger partial charge is 0.486 e. The van der Waals surface area contributed by atoms with Crippen LogP contribution < -0.4 is 15.2 Å². The quantitative estimate of drug-likeness (QED) is 0.911. The molecule has 3 rings (SSSR count). The minimum atomic E-state index is -0.113. The molecule has 0 saturated heterocycles. The maximum atomic E-state index is 6.48. The van der Waals surface area contributed by atoms with Crippen LogP contribution in [-0.2, 0) is 0 Å². The van der Waals surface area contributed by atoms with Crippen LogP contribution in [0.15, 0.2) is 46.9 Å². The topological polar surface area (TPSA) is 44.5 Å². The van der Waals surface area contributed by atoms with Crippen molar-refractivity contribution < 1.29 is 9.47 Å². The molecule has 0 spiro atoms. The van der Waals surface area contributed by atoms with E-state index < -0.39 is 0 Å². The van der Waals surface area contributed by atoms with E-state index in [9.17, 15) is 0 Å². The van der Waals surface area contributed by atoms with Gasteiger partial charge in [0.05, 0.1) is 0 Å². The monoisotopic (exact) mass is 347 g/mol. The zero-order chi connectivity index (χ0) is 14.8. The second-order valence-corrected chi connectivity index (χ2v) is 6.10. The van der Waals surface area contributed by atoms with Crippen LogP contribution in [0.2, 0.25) is 0 Å². The SMILES string of the molecule is CC(c1ccccc1)C(N)c1cc2c(cc1Br)OCCO2. The molecular weight excluding hydrogens is 330 g/mol. The molecule has 2 aromatic rings. The second-order valence-electron chi connectivity index (χ2n) is 5.24. The van der Waals surface area contributed by atoms with Crippen LogP contribution in [0, 0.1) is 0 Å². The second kappa shape index (κ2) is 6.08. The first-order valence-electron chi connectivity index (χ1n) is 7.06. The van der Waals surface area contributed by atoms with E-state index in [2.05, 4.69) is 35.0 Å². The van der Waals surface area contributed by atoms with Crippen molar-refractivity contribution in [2.24, 2.45) is 5.73 Å². The van der Waals surface area contributed by atoms with Crippen molar-refractivity contribution in [3.05, 3.63) is 58.1 Å². The Bertz CT molecular complexity index is 630. The van der Waals surface area contributed by atoms with Crippen LogP contribution in [0.3, 0.4) is 0 Å². The summed E-state index contributed by atoms with van der Waals surface area (Å²) in [6, 6.07) is 14.1. The fourth-order valence-corrected chi connectivity index (χ4v) is 3.16. The maximum absolute atomic E-state index is 6.48. The van der Waals surface area contributed by atoms with E-state index in [0.29, 0.717) is 13.2 Å². The Balaban J connectivity index is 1.92. The highest BCUT2D eigenvalue weighted by Gasteiger charge is 2.22. The van der Waals surface area contributed by atoms with Crippen LogP contribution in [0.1, 0.15) is 30.0 Å². The fourth-order valence-electron chi connectivity index (χ4n) is 2.57. The molecule has 0 radical (unpaired) electrons. The zero-order valence-corrected chi connectivity index (χ0v) is 13.5. The summed E-state index contributed by atoms with van der Waals surface area (Å²) in [7, 11) is 0. The lowest BCUT2D eigenvalue weighted by Crippen LogP contribution is -2.20. The number of ether oxygens (including phenoxy) is 2. The average molecular weight is 348 g/mol. The van der Waals surface area contributed by atoms with Crippen molar-refractivity contribution in [2.45, 2.75) is 18.9 Å². The molecule has 0 amide bonds. The molecule has 0 saturated carbocycles. The smallest absolute Gasteiger partial charge is 0.162 e. The molecule has 110 valence electrons. The molecule has 2 unspecified atom stereocenters. The van der Waals surface area contributed by atoms with Gasteiger partial charge in [-0.25, -0.2) is 0 Å². The Kier molecular flexibility index (Phi) is 4.17. The van der Waals surface area contributed by atoms with E-state index >= 15 is 0 Å². The van der Waals surface area contributed by atoms with Gasteiger partial charge in [0.25, 0.3) is 0 Å². The van der Waals surface area contributed by atoms with Crippen LogP contribution in [0.4, 0.5) is 0 Å². The van der Waals surface area contributed by atoms with Gasteiger partial charge in [0, 0.05) is 16.4 Å². The number of benzene rings is 2. The molecule has 1 aliphatic rings. The predicted octanol–water partition coefficient (Wildman–Crippen LogP) is 4.02. The lowest BCUT2D eigenvalue weighted by atomic mass is 9.89. The summed E-state index contributed by atoms with van der Waals surface area (Å²) < 4.78 is 12.2. The lowest BCUT2D eigenvalue weighted by molar-refractivity contribution is 0.171. The van der Waals surface area contributed by atoms with E-state index in [4.69, 9.17) is 15.2 Å². The molecule has 21 heavy (non-hydrogen) atoms. The van der Waals surface area contributed by atoms with Crippen molar-refractivity contribution in [3.8, 4) is 11.5 Å². The standard InChI is InChI=1S/C17H18BrNO2/c1-11(12-5-3-2-4-6-12)17(19)13-9-15-16(10-14(13)18)21-8-7-20-15/h2-6,9-11,17H,7-8,19H2,1H3. The normalized spacial score (nSPS) is 16.3. The number of halogens is 1. The van der Waals surface area contributed by atoms with Crippen molar-refractivity contribution >= 4 is 15.9 Å². The molecule has 0 bridgehead atoms. The van der Waals surface area contributed by atoms with Crippen LogP contribution in [-0.4, -0.2) is 13.2 Å². The molecule has 2 aromatic carbocycles. The Morgan fingerprint density at radius 3 is 2.33 bits per heavy atom. The molecule has 0 aliphatic carbocycles. The van der Waals surface area contributed by atoms with Gasteiger partial charge in [-0.2, -0.15) is 0 Å². The van der Waals surface area contributed by atoms with E-state index in [-0.39, 0.29) is 12.0 Å². The highest BCUT2D eigenvalue weighted by molar-refractivity contribution is 9.10. The van der Waals surface area contributed by atoms with Gasteiger partial charge >= 0.3 is 0 Å². The molecular formula is C17H18BrNO2. The van der Waals surface area contributed by atoms with Crippen LogP contribution in [0.5, 0.6) is 11.5 Å². The molecule has 2 atom stereocenters. The third-order valence-electron chi connectivity index (χ3n) is 3.88. The lowest BCUT2D eigenvalue weighted by Gasteiger charge is -2.25. The molecule has 3 nitrogen and oxygen atoms in total. The van der Waals surface area contributed by atoms with Crippen LogP contribution >= 0.6 is 15.9 Å². The highest BCUT2D eigenvalue weighted by Crippen LogP contribution is 2.40. The number of hydrogen-bond donors (Lipinski definition) is 1. The zero-order valence-electron chi connectivity index (χ0n) is 11.9. The Morgan fingerprint density at radius 1 is 1.05 bits per heavy atom. The van der Waals surface area contributed by atoms with Gasteiger partial charge in [-0.05, 0) is 23.3 Å². The predicted molar refractivity (Wildman–Crippen MR) is 86.9 cm³/mol. The maximum Gasteiger partial charge on any atom is 0.162 e. The minimum Gasteiger partial charge on any atom is -0.486 e. The fraction of sp³-hybridized carbons (Fsp3) is 0.294. The van der Waals surface area contributed by atoms with Gasteiger partial charge in [0.15, 0.2) is 11.5 Å². The first kappa shape index (κ1) is 14.4. The van der Waals surface area contributed by atoms with E-state index in [1.165, 1.54) is 5.56 Å². The summed E-state index contributed by atoms with van der Waals surface area (Å²) in [5.41, 5.74) is 8.74. The summed E-state index contributed by atoms with van der Waals surface area (Å²) in [4.78, 5) is 0. The van der Waals surface area contributed by atoms with Gasteiger partial charge < -0.3 is 15.2 Å². The Hall–Kier alpha value is -1.52. The van der Waals surface area contributed by atoms with Crippen molar-refractivity contribution in [2.75, 3.05) is 13.2 Å². The summed E-state index contributed by atoms with van der Waals surface area (Å²) in [5, 5.41) is 0. The van der Waals surface area contributed by atoms with Gasteiger partial charge in [-0.15, -0.1) is 0 Å². The number of rotatable bonds is 3. The molecule has 0 aromatic heterocycles. The molecule has 0 fully saturated rings. The third kappa shape index (κ3) is 2.92. The number of fused-ring (bicyclic) bond motifs is 1. The summed E-state index contributed by atoms with van der Waals surface area (Å²) >= 11 is 3.60. The molecule has 4 heteroatoms. The number of nitrogens with two attached hydrogens (primary N) is 1. The van der Waals surface area contributed by atoms with E-state index in [1.54, 1.807) is 0 Å². The third-order valence-corrected chi connectivity index (χ3v) is 4.57. The van der Waals surface area contributed by atoms with E-state index in [0.717, 1.165) is 21.5 Å². The van der Waals surface area contributed by atoms with Crippen molar-refractivity contribution in [3.63, 3.8) is 0 Å². The summed E-state index contributed by atoms with van der Waals surface area (Å²) in [5.74, 6) is 1.76. The Labute approximate surface area is 133 Å². The van der Waals surface area contributed by atoms with Crippen molar-refractivity contribution in [1.82, 2.24) is 0 Å². The van der Waals surface area contributed by atoms with Crippen molar-refractivity contribution in [1.29, 1.82) is 0 Å². The molecule has 1 aliphatic heterocycles. The highest BCUT2D eigenvalue weighted by atomic mass is 79.9. The number of hydrogen-bond acceptors (Lipinski definition) is 3. The van der Waals surface area contributed by atoms with Gasteiger partial charge in [0.1, 0.15) is 13.2 Å². The van der Waals surface area contributed by atoms with Crippen LogP contribution in [0.25, 0.3) is 0 Å². The molecule has 1 heterocycles. The van der Waals surface area contributed by atoms with Gasteiger partial charge in [-0.3, -0.25) is 0 Å². The first-order chi connectivity index (χ1) is 10.2. The minimum absolute atomic E-state index is 0.113.